The van der Waals surface area contributed by atoms with E-state index in [1.54, 1.807) is 12.3 Å². The van der Waals surface area contributed by atoms with Crippen molar-refractivity contribution in [3.63, 3.8) is 0 Å². The average Bonchev–Trinajstić information content (AvgIpc) is 2.80. The lowest BCUT2D eigenvalue weighted by Gasteiger charge is -2.16. The molecule has 4 rings (SSSR count). The highest BCUT2D eigenvalue weighted by atomic mass is 19.2. The van der Waals surface area contributed by atoms with Crippen LogP contribution in [-0.2, 0) is 24.1 Å². The summed E-state index contributed by atoms with van der Waals surface area (Å²) in [5, 5.41) is 9.84. The van der Waals surface area contributed by atoms with E-state index in [-0.39, 0.29) is 12.3 Å². The number of aliphatic carboxylic acids is 1. The van der Waals surface area contributed by atoms with E-state index in [0.29, 0.717) is 10.9 Å². The van der Waals surface area contributed by atoms with Crippen LogP contribution < -0.4 is 0 Å². The van der Waals surface area contributed by atoms with E-state index in [1.165, 1.54) is 29.8 Å². The lowest BCUT2D eigenvalue weighted by molar-refractivity contribution is -0.137. The molecular weight excluding hydrogens is 422 g/mol. The predicted molar refractivity (Wildman–Crippen MR) is 124 cm³/mol. The topological polar surface area (TPSA) is 63.1 Å². The number of rotatable bonds is 10. The molecule has 0 spiro atoms. The first-order chi connectivity index (χ1) is 16.0. The van der Waals surface area contributed by atoms with Gasteiger partial charge in [-0.25, -0.2) is 8.78 Å². The molecule has 2 heterocycles. The average molecular weight is 453 g/mol. The Bertz CT molecular complexity index is 1130. The Morgan fingerprint density at radius 3 is 2.64 bits per heavy atom. The van der Waals surface area contributed by atoms with E-state index in [9.17, 15) is 18.7 Å². The van der Waals surface area contributed by atoms with Gasteiger partial charge in [0.2, 0.25) is 0 Å². The summed E-state index contributed by atoms with van der Waals surface area (Å²) in [6.45, 7) is 0. The smallest absolute Gasteiger partial charge is 0.303 e. The van der Waals surface area contributed by atoms with Crippen molar-refractivity contribution in [2.45, 2.75) is 76.5 Å². The normalized spacial score (nSPS) is 14.2. The molecule has 1 atom stereocenters. The van der Waals surface area contributed by atoms with Crippen molar-refractivity contribution < 1.29 is 18.7 Å². The van der Waals surface area contributed by atoms with Crippen molar-refractivity contribution in [1.29, 1.82) is 0 Å². The first-order valence-electron chi connectivity index (χ1n) is 11.9. The third kappa shape index (κ3) is 6.12. The van der Waals surface area contributed by atoms with Gasteiger partial charge in [-0.05, 0) is 80.2 Å². The molecule has 0 amide bonds. The molecule has 1 aliphatic carbocycles. The standard InChI is InChI=1S/C27H30F2N2O2/c28-23-14-20-13-21(17-30-26(20)16-24(23)29)19(15-27(32)33)8-3-1-2-4-9-22-12-11-18-7-5-6-10-25(18)31-22/h11-14,16-17,19H,1-10,15H2,(H,32,33). The second-order valence-electron chi connectivity index (χ2n) is 9.09. The molecule has 1 unspecified atom stereocenters. The number of carbonyl (C=O) groups is 1. The Kier molecular flexibility index (Phi) is 7.63. The predicted octanol–water partition coefficient (Wildman–Crippen LogP) is 6.54. The number of carboxylic acids is 1. The van der Waals surface area contributed by atoms with Crippen LogP contribution in [0.15, 0.2) is 36.5 Å². The quantitative estimate of drug-likeness (QED) is 0.355. The molecule has 6 heteroatoms. The number of hydrogen-bond acceptors (Lipinski definition) is 3. The number of pyridine rings is 2. The van der Waals surface area contributed by atoms with Gasteiger partial charge in [0.15, 0.2) is 11.6 Å². The van der Waals surface area contributed by atoms with E-state index >= 15 is 0 Å². The third-order valence-corrected chi connectivity index (χ3v) is 6.61. The summed E-state index contributed by atoms with van der Waals surface area (Å²) in [6, 6.07) is 8.33. The lowest BCUT2D eigenvalue weighted by atomic mass is 9.90. The fourth-order valence-corrected chi connectivity index (χ4v) is 4.78. The van der Waals surface area contributed by atoms with Gasteiger partial charge >= 0.3 is 5.97 Å². The van der Waals surface area contributed by atoms with Crippen LogP contribution in [0.5, 0.6) is 0 Å². The number of carboxylic acid groups (broad SMARTS) is 1. The van der Waals surface area contributed by atoms with E-state index < -0.39 is 17.6 Å². The number of halogens is 2. The maximum absolute atomic E-state index is 13.6. The van der Waals surface area contributed by atoms with Crippen molar-refractivity contribution in [2.24, 2.45) is 0 Å². The van der Waals surface area contributed by atoms with Gasteiger partial charge in [0.1, 0.15) is 0 Å². The van der Waals surface area contributed by atoms with Crippen LogP contribution in [0.2, 0.25) is 0 Å². The molecule has 1 N–H and O–H groups in total. The highest BCUT2D eigenvalue weighted by Crippen LogP contribution is 2.29. The Balaban J connectivity index is 1.29. The largest absolute Gasteiger partial charge is 0.481 e. The fraction of sp³-hybridized carbons (Fsp3) is 0.444. The van der Waals surface area contributed by atoms with Crippen molar-refractivity contribution in [3.8, 4) is 0 Å². The monoisotopic (exact) mass is 452 g/mol. The molecule has 0 radical (unpaired) electrons. The molecule has 2 aromatic heterocycles. The van der Waals surface area contributed by atoms with Crippen LogP contribution in [0.4, 0.5) is 8.78 Å². The van der Waals surface area contributed by atoms with Crippen LogP contribution in [-0.4, -0.2) is 21.0 Å². The number of hydrogen-bond donors (Lipinski definition) is 1. The van der Waals surface area contributed by atoms with Gasteiger partial charge in [0, 0.05) is 29.0 Å². The van der Waals surface area contributed by atoms with Crippen LogP contribution >= 0.6 is 0 Å². The van der Waals surface area contributed by atoms with Gasteiger partial charge in [-0.1, -0.05) is 25.3 Å². The summed E-state index contributed by atoms with van der Waals surface area (Å²) in [6.07, 6.45) is 12.1. The van der Waals surface area contributed by atoms with Crippen LogP contribution in [0, 0.1) is 11.6 Å². The molecule has 0 saturated carbocycles. The van der Waals surface area contributed by atoms with Gasteiger partial charge in [0.25, 0.3) is 0 Å². The molecule has 1 aliphatic rings. The fourth-order valence-electron chi connectivity index (χ4n) is 4.78. The summed E-state index contributed by atoms with van der Waals surface area (Å²) >= 11 is 0. The number of benzene rings is 1. The Labute approximate surface area is 193 Å². The molecule has 0 fully saturated rings. The molecule has 174 valence electrons. The van der Waals surface area contributed by atoms with Crippen molar-refractivity contribution in [3.05, 3.63) is 70.7 Å². The molecule has 3 aromatic rings. The molecule has 1 aromatic carbocycles. The highest BCUT2D eigenvalue weighted by molar-refractivity contribution is 5.79. The maximum Gasteiger partial charge on any atom is 0.303 e. The Hall–Kier alpha value is -2.89. The van der Waals surface area contributed by atoms with Crippen LogP contribution in [0.25, 0.3) is 10.9 Å². The Morgan fingerprint density at radius 1 is 1.00 bits per heavy atom. The summed E-state index contributed by atoms with van der Waals surface area (Å²) in [7, 11) is 0. The molecule has 0 bridgehead atoms. The second-order valence-corrected chi connectivity index (χ2v) is 9.09. The number of aromatic nitrogens is 2. The first-order valence-corrected chi connectivity index (χ1v) is 11.9. The SMILES string of the molecule is O=C(O)CC(CCCCCCc1ccc2c(n1)CCCC2)c1cnc2cc(F)c(F)cc2c1. The van der Waals surface area contributed by atoms with Gasteiger partial charge in [-0.2, -0.15) is 0 Å². The van der Waals surface area contributed by atoms with Gasteiger partial charge in [-0.3, -0.25) is 14.8 Å². The summed E-state index contributed by atoms with van der Waals surface area (Å²) < 4.78 is 27.1. The maximum atomic E-state index is 13.6. The molecular formula is C27H30F2N2O2. The second kappa shape index (κ2) is 10.8. The molecule has 0 saturated heterocycles. The van der Waals surface area contributed by atoms with Crippen molar-refractivity contribution in [1.82, 2.24) is 9.97 Å². The van der Waals surface area contributed by atoms with Crippen molar-refractivity contribution >= 4 is 16.9 Å². The number of aryl methyl sites for hydroxylation is 3. The summed E-state index contributed by atoms with van der Waals surface area (Å²) in [4.78, 5) is 20.5. The van der Waals surface area contributed by atoms with E-state index in [0.717, 1.165) is 69.1 Å². The first kappa shape index (κ1) is 23.3. The molecule has 0 aliphatic heterocycles. The minimum atomic E-state index is -0.935. The van der Waals surface area contributed by atoms with Gasteiger partial charge < -0.3 is 5.11 Å². The number of nitrogens with zero attached hydrogens (tertiary/aromatic N) is 2. The zero-order chi connectivity index (χ0) is 23.2. The van der Waals surface area contributed by atoms with E-state index in [1.807, 2.05) is 0 Å². The summed E-state index contributed by atoms with van der Waals surface area (Å²) in [5.74, 6) is -2.93. The van der Waals surface area contributed by atoms with Crippen LogP contribution in [0.3, 0.4) is 0 Å². The lowest BCUT2D eigenvalue weighted by Crippen LogP contribution is -2.07. The zero-order valence-corrected chi connectivity index (χ0v) is 18.8. The van der Waals surface area contributed by atoms with E-state index in [2.05, 4.69) is 17.1 Å². The number of fused-ring (bicyclic) bond motifs is 2. The van der Waals surface area contributed by atoms with Gasteiger partial charge in [-0.15, -0.1) is 0 Å². The van der Waals surface area contributed by atoms with Gasteiger partial charge in [0.05, 0.1) is 11.9 Å². The number of unbranched alkanes of at least 4 members (excludes halogenated alkanes) is 3. The summed E-state index contributed by atoms with van der Waals surface area (Å²) in [5.41, 5.74) is 4.98. The molecule has 4 nitrogen and oxygen atoms in total. The minimum absolute atomic E-state index is 0.00406. The van der Waals surface area contributed by atoms with E-state index in [4.69, 9.17) is 4.98 Å². The third-order valence-electron chi connectivity index (χ3n) is 6.61. The molecule has 33 heavy (non-hydrogen) atoms. The van der Waals surface area contributed by atoms with Crippen molar-refractivity contribution in [2.75, 3.05) is 0 Å². The van der Waals surface area contributed by atoms with Crippen LogP contribution in [0.1, 0.15) is 79.8 Å². The Morgan fingerprint density at radius 2 is 1.79 bits per heavy atom. The highest BCUT2D eigenvalue weighted by Gasteiger charge is 2.17. The minimum Gasteiger partial charge on any atom is -0.481 e. The zero-order valence-electron chi connectivity index (χ0n) is 18.8.